The molecule has 5 nitrogen and oxygen atoms in total. The zero-order chi connectivity index (χ0) is 13.9. The van der Waals surface area contributed by atoms with Gasteiger partial charge in [0.1, 0.15) is 5.78 Å². The summed E-state index contributed by atoms with van der Waals surface area (Å²) in [6.07, 6.45) is -0.311. The second-order valence-electron chi connectivity index (χ2n) is 5.05. The van der Waals surface area contributed by atoms with E-state index in [-0.39, 0.29) is 23.5 Å². The molecule has 0 radical (unpaired) electrons. The van der Waals surface area contributed by atoms with Gasteiger partial charge in [-0.05, 0) is 6.07 Å². The number of nitro benzene ring substituents is 1. The molecule has 1 rings (SSSR count). The van der Waals surface area contributed by atoms with E-state index in [1.807, 2.05) is 0 Å². The molecule has 0 aliphatic rings. The van der Waals surface area contributed by atoms with Crippen molar-refractivity contribution < 1.29 is 14.5 Å². The van der Waals surface area contributed by atoms with Crippen molar-refractivity contribution in [1.82, 2.24) is 0 Å². The Morgan fingerprint density at radius 3 is 2.28 bits per heavy atom. The molecule has 5 heteroatoms. The summed E-state index contributed by atoms with van der Waals surface area (Å²) < 4.78 is 0. The monoisotopic (exact) mass is 249 g/mol. The van der Waals surface area contributed by atoms with E-state index < -0.39 is 16.1 Å². The number of benzene rings is 1. The van der Waals surface area contributed by atoms with Crippen LogP contribution in [0.15, 0.2) is 24.3 Å². The van der Waals surface area contributed by atoms with E-state index in [0.717, 1.165) is 0 Å². The van der Waals surface area contributed by atoms with Crippen molar-refractivity contribution in [2.75, 3.05) is 0 Å². The number of rotatable bonds is 4. The van der Waals surface area contributed by atoms with E-state index >= 15 is 0 Å². The van der Waals surface area contributed by atoms with Crippen LogP contribution in [0, 0.1) is 15.5 Å². The Balaban J connectivity index is 2.99. The van der Waals surface area contributed by atoms with Gasteiger partial charge in [0, 0.05) is 11.5 Å². The molecule has 18 heavy (non-hydrogen) atoms. The highest BCUT2D eigenvalue weighted by atomic mass is 16.6. The van der Waals surface area contributed by atoms with Crippen molar-refractivity contribution in [3.8, 4) is 0 Å². The van der Waals surface area contributed by atoms with Gasteiger partial charge in [0.05, 0.1) is 16.9 Å². The molecular formula is C13H15NO4. The SMILES string of the molecule is CC(C)(C)C(=O)CC(=O)c1ccccc1[N+](=O)[O-]. The van der Waals surface area contributed by atoms with Gasteiger partial charge in [-0.3, -0.25) is 19.7 Å². The maximum Gasteiger partial charge on any atom is 0.280 e. The van der Waals surface area contributed by atoms with Gasteiger partial charge in [-0.15, -0.1) is 0 Å². The topological polar surface area (TPSA) is 77.3 Å². The molecule has 0 heterocycles. The molecule has 0 saturated heterocycles. The molecule has 96 valence electrons. The van der Waals surface area contributed by atoms with Crippen LogP contribution in [0.4, 0.5) is 5.69 Å². The number of carbonyl (C=O) groups is 2. The number of carbonyl (C=O) groups excluding carboxylic acids is 2. The molecular weight excluding hydrogens is 234 g/mol. The average Bonchev–Trinajstić information content (AvgIpc) is 2.27. The van der Waals surface area contributed by atoms with Gasteiger partial charge in [-0.25, -0.2) is 0 Å². The van der Waals surface area contributed by atoms with Crippen molar-refractivity contribution in [2.45, 2.75) is 27.2 Å². The van der Waals surface area contributed by atoms with Gasteiger partial charge >= 0.3 is 0 Å². The Morgan fingerprint density at radius 2 is 1.78 bits per heavy atom. The summed E-state index contributed by atoms with van der Waals surface area (Å²) >= 11 is 0. The maximum absolute atomic E-state index is 11.9. The predicted molar refractivity (Wildman–Crippen MR) is 66.5 cm³/mol. The summed E-state index contributed by atoms with van der Waals surface area (Å²) in [5, 5.41) is 10.8. The molecule has 0 amide bonds. The fourth-order valence-electron chi connectivity index (χ4n) is 1.37. The number of nitro groups is 1. The lowest BCUT2D eigenvalue weighted by molar-refractivity contribution is -0.385. The summed E-state index contributed by atoms with van der Waals surface area (Å²) in [6.45, 7) is 5.13. The van der Waals surface area contributed by atoms with E-state index in [9.17, 15) is 19.7 Å². The molecule has 0 aliphatic heterocycles. The van der Waals surface area contributed by atoms with Crippen molar-refractivity contribution in [3.63, 3.8) is 0 Å². The highest BCUT2D eigenvalue weighted by Gasteiger charge is 2.27. The largest absolute Gasteiger partial charge is 0.299 e. The number of para-hydroxylation sites is 1. The first kappa shape index (κ1) is 14.0. The Labute approximate surface area is 105 Å². The molecule has 0 fully saturated rings. The second-order valence-corrected chi connectivity index (χ2v) is 5.05. The van der Waals surface area contributed by atoms with E-state index in [1.54, 1.807) is 26.8 Å². The van der Waals surface area contributed by atoms with E-state index in [4.69, 9.17) is 0 Å². The number of hydrogen-bond donors (Lipinski definition) is 0. The van der Waals surface area contributed by atoms with Crippen LogP contribution in [0.2, 0.25) is 0 Å². The quantitative estimate of drug-likeness (QED) is 0.356. The first-order chi connectivity index (χ1) is 8.23. The van der Waals surface area contributed by atoms with E-state index in [1.165, 1.54) is 18.2 Å². The summed E-state index contributed by atoms with van der Waals surface area (Å²) in [7, 11) is 0. The van der Waals surface area contributed by atoms with Crippen LogP contribution in [-0.4, -0.2) is 16.5 Å². The first-order valence-electron chi connectivity index (χ1n) is 5.53. The van der Waals surface area contributed by atoms with Crippen LogP contribution >= 0.6 is 0 Å². The fourth-order valence-corrected chi connectivity index (χ4v) is 1.37. The standard InChI is InChI=1S/C13H15NO4/c1-13(2,3)12(16)8-11(15)9-6-4-5-7-10(9)14(17)18/h4-7H,8H2,1-3H3. The molecule has 0 spiro atoms. The van der Waals surface area contributed by atoms with Crippen molar-refractivity contribution in [3.05, 3.63) is 39.9 Å². The third kappa shape index (κ3) is 3.23. The zero-order valence-corrected chi connectivity index (χ0v) is 10.6. The fraction of sp³-hybridized carbons (Fsp3) is 0.385. The maximum atomic E-state index is 11.9. The zero-order valence-electron chi connectivity index (χ0n) is 10.6. The number of ketones is 2. The molecule has 1 aromatic carbocycles. The number of Topliss-reactive ketones (excluding diaryl/α,β-unsaturated/α-hetero) is 2. The third-order valence-corrected chi connectivity index (χ3v) is 2.56. The van der Waals surface area contributed by atoms with Gasteiger partial charge in [0.15, 0.2) is 5.78 Å². The second kappa shape index (κ2) is 5.08. The Kier molecular flexibility index (Phi) is 3.96. The number of hydrogen-bond acceptors (Lipinski definition) is 4. The normalized spacial score (nSPS) is 11.1. The van der Waals surface area contributed by atoms with Gasteiger partial charge in [0.2, 0.25) is 0 Å². The number of nitrogens with zero attached hydrogens (tertiary/aromatic N) is 1. The third-order valence-electron chi connectivity index (χ3n) is 2.56. The lowest BCUT2D eigenvalue weighted by Gasteiger charge is -2.15. The summed E-state index contributed by atoms with van der Waals surface area (Å²) in [5.41, 5.74) is -0.900. The lowest BCUT2D eigenvalue weighted by Crippen LogP contribution is -2.23. The minimum atomic E-state index is -0.626. The summed E-state index contributed by atoms with van der Waals surface area (Å²) in [5.74, 6) is -0.743. The Bertz CT molecular complexity index is 500. The van der Waals surface area contributed by atoms with Crippen molar-refractivity contribution >= 4 is 17.3 Å². The minimum Gasteiger partial charge on any atom is -0.299 e. The van der Waals surface area contributed by atoms with E-state index in [0.29, 0.717) is 0 Å². The van der Waals surface area contributed by atoms with Gasteiger partial charge in [-0.2, -0.15) is 0 Å². The molecule has 0 saturated carbocycles. The summed E-state index contributed by atoms with van der Waals surface area (Å²) in [6, 6.07) is 5.66. The highest BCUT2D eigenvalue weighted by Crippen LogP contribution is 2.22. The smallest absolute Gasteiger partial charge is 0.280 e. The van der Waals surface area contributed by atoms with Crippen LogP contribution in [-0.2, 0) is 4.79 Å². The van der Waals surface area contributed by atoms with Gasteiger partial charge in [-0.1, -0.05) is 32.9 Å². The van der Waals surface area contributed by atoms with Gasteiger partial charge in [0.25, 0.3) is 5.69 Å². The van der Waals surface area contributed by atoms with Crippen LogP contribution < -0.4 is 0 Å². The predicted octanol–water partition coefficient (Wildman–Crippen LogP) is 2.78. The van der Waals surface area contributed by atoms with Crippen LogP contribution in [0.3, 0.4) is 0 Å². The van der Waals surface area contributed by atoms with Gasteiger partial charge < -0.3 is 0 Å². The molecule has 0 bridgehead atoms. The van der Waals surface area contributed by atoms with Crippen LogP contribution in [0.5, 0.6) is 0 Å². The molecule has 0 atom stereocenters. The molecule has 0 N–H and O–H groups in total. The Morgan fingerprint density at radius 1 is 1.22 bits per heavy atom. The van der Waals surface area contributed by atoms with Crippen LogP contribution in [0.25, 0.3) is 0 Å². The molecule has 0 unspecified atom stereocenters. The lowest BCUT2D eigenvalue weighted by atomic mass is 9.87. The summed E-state index contributed by atoms with van der Waals surface area (Å²) in [4.78, 5) is 33.8. The molecule has 0 aromatic heterocycles. The van der Waals surface area contributed by atoms with E-state index in [2.05, 4.69) is 0 Å². The Hall–Kier alpha value is -2.04. The van der Waals surface area contributed by atoms with Crippen molar-refractivity contribution in [2.24, 2.45) is 5.41 Å². The molecule has 1 aromatic rings. The van der Waals surface area contributed by atoms with Crippen LogP contribution in [0.1, 0.15) is 37.6 Å². The average molecular weight is 249 g/mol. The highest BCUT2D eigenvalue weighted by molar-refractivity contribution is 6.11. The van der Waals surface area contributed by atoms with Crippen molar-refractivity contribution in [1.29, 1.82) is 0 Å². The first-order valence-corrected chi connectivity index (χ1v) is 5.53. The molecule has 0 aliphatic carbocycles. The minimum absolute atomic E-state index is 0.0138.